The molecule has 0 spiro atoms. The fourth-order valence-corrected chi connectivity index (χ4v) is 4.96. The lowest BCUT2D eigenvalue weighted by atomic mass is 10.3. The van der Waals surface area contributed by atoms with E-state index in [1.54, 1.807) is 29.7 Å². The third-order valence-corrected chi connectivity index (χ3v) is 7.44. The SMILES string of the molecule is CCN(CC)S(=O)(=O)c1ccc(SCC(=O)N2CCN(C(C)=O)CC2)nc1. The fraction of sp³-hybridized carbons (Fsp3) is 0.588. The molecule has 0 aliphatic carbocycles. The van der Waals surface area contributed by atoms with Gasteiger partial charge in [-0.1, -0.05) is 25.6 Å². The second kappa shape index (κ2) is 9.52. The molecule has 1 aliphatic rings. The number of carbonyl (C=O) groups excluding carboxylic acids is 2. The lowest BCUT2D eigenvalue weighted by molar-refractivity contribution is -0.136. The number of piperazine rings is 1. The second-order valence-electron chi connectivity index (χ2n) is 6.10. The van der Waals surface area contributed by atoms with Crippen molar-refractivity contribution in [1.29, 1.82) is 0 Å². The minimum absolute atomic E-state index is 0.00941. The van der Waals surface area contributed by atoms with Crippen molar-refractivity contribution >= 4 is 33.6 Å². The molecule has 10 heteroatoms. The van der Waals surface area contributed by atoms with Gasteiger partial charge in [-0.3, -0.25) is 9.59 Å². The van der Waals surface area contributed by atoms with E-state index >= 15 is 0 Å². The van der Waals surface area contributed by atoms with E-state index in [-0.39, 0.29) is 22.5 Å². The van der Waals surface area contributed by atoms with Gasteiger partial charge in [0.2, 0.25) is 21.8 Å². The molecule has 150 valence electrons. The summed E-state index contributed by atoms with van der Waals surface area (Å²) in [6.45, 7) is 8.11. The van der Waals surface area contributed by atoms with Gasteiger partial charge in [-0.15, -0.1) is 0 Å². The van der Waals surface area contributed by atoms with Crippen LogP contribution in [0.3, 0.4) is 0 Å². The molecule has 0 bridgehead atoms. The quantitative estimate of drug-likeness (QED) is 0.616. The van der Waals surface area contributed by atoms with E-state index in [1.165, 1.54) is 35.3 Å². The molecule has 2 heterocycles. The molecule has 1 fully saturated rings. The molecule has 0 radical (unpaired) electrons. The Labute approximate surface area is 165 Å². The van der Waals surface area contributed by atoms with Gasteiger partial charge in [0.1, 0.15) is 4.90 Å². The summed E-state index contributed by atoms with van der Waals surface area (Å²) in [5.41, 5.74) is 0. The Balaban J connectivity index is 1.90. The van der Waals surface area contributed by atoms with Gasteiger partial charge in [-0.05, 0) is 12.1 Å². The van der Waals surface area contributed by atoms with Crippen LogP contribution in [0.1, 0.15) is 20.8 Å². The molecule has 0 atom stereocenters. The number of thioether (sulfide) groups is 1. The van der Waals surface area contributed by atoms with Crippen LogP contribution in [0.15, 0.2) is 28.3 Å². The Bertz CT molecular complexity index is 756. The number of hydrogen-bond donors (Lipinski definition) is 0. The summed E-state index contributed by atoms with van der Waals surface area (Å²) < 4.78 is 26.3. The molecule has 2 rings (SSSR count). The first-order valence-electron chi connectivity index (χ1n) is 8.91. The van der Waals surface area contributed by atoms with Crippen molar-refractivity contribution in [3.8, 4) is 0 Å². The maximum Gasteiger partial charge on any atom is 0.244 e. The topological polar surface area (TPSA) is 90.9 Å². The van der Waals surface area contributed by atoms with Crippen molar-refractivity contribution in [2.24, 2.45) is 0 Å². The zero-order valence-corrected chi connectivity index (χ0v) is 17.6. The third kappa shape index (κ3) is 5.43. The van der Waals surface area contributed by atoms with Crippen LogP contribution in [0.4, 0.5) is 0 Å². The molecule has 0 aromatic carbocycles. The van der Waals surface area contributed by atoms with Gasteiger partial charge in [0, 0.05) is 52.4 Å². The predicted octanol–water partition coefficient (Wildman–Crippen LogP) is 0.895. The zero-order chi connectivity index (χ0) is 20.0. The minimum Gasteiger partial charge on any atom is -0.339 e. The summed E-state index contributed by atoms with van der Waals surface area (Å²) in [7, 11) is -3.52. The van der Waals surface area contributed by atoms with Crippen LogP contribution in [-0.2, 0) is 19.6 Å². The van der Waals surface area contributed by atoms with Crippen LogP contribution in [0.25, 0.3) is 0 Å². The number of hydrogen-bond acceptors (Lipinski definition) is 6. The molecule has 2 amide bonds. The number of aromatic nitrogens is 1. The fourth-order valence-electron chi connectivity index (χ4n) is 2.82. The lowest BCUT2D eigenvalue weighted by Gasteiger charge is -2.34. The summed E-state index contributed by atoms with van der Waals surface area (Å²) in [6, 6.07) is 3.15. The van der Waals surface area contributed by atoms with E-state index in [4.69, 9.17) is 0 Å². The number of rotatable bonds is 7. The molecule has 0 unspecified atom stereocenters. The van der Waals surface area contributed by atoms with Crippen molar-refractivity contribution in [3.05, 3.63) is 18.3 Å². The van der Waals surface area contributed by atoms with E-state index in [2.05, 4.69) is 4.98 Å². The van der Waals surface area contributed by atoms with Gasteiger partial charge in [-0.25, -0.2) is 13.4 Å². The second-order valence-corrected chi connectivity index (χ2v) is 9.03. The molecule has 27 heavy (non-hydrogen) atoms. The highest BCUT2D eigenvalue weighted by atomic mass is 32.2. The highest BCUT2D eigenvalue weighted by molar-refractivity contribution is 7.99. The Hall–Kier alpha value is -1.65. The molecule has 0 saturated carbocycles. The maximum absolute atomic E-state index is 12.4. The number of nitrogens with zero attached hydrogens (tertiary/aromatic N) is 4. The predicted molar refractivity (Wildman–Crippen MR) is 104 cm³/mol. The van der Waals surface area contributed by atoms with Crippen molar-refractivity contribution in [1.82, 2.24) is 19.1 Å². The average Bonchev–Trinajstić information content (AvgIpc) is 2.67. The van der Waals surface area contributed by atoms with Crippen LogP contribution in [0, 0.1) is 0 Å². The first-order valence-corrected chi connectivity index (χ1v) is 11.3. The largest absolute Gasteiger partial charge is 0.339 e. The molecule has 1 aromatic rings. The highest BCUT2D eigenvalue weighted by Crippen LogP contribution is 2.20. The lowest BCUT2D eigenvalue weighted by Crippen LogP contribution is -2.50. The van der Waals surface area contributed by atoms with Crippen LogP contribution in [0.2, 0.25) is 0 Å². The number of carbonyl (C=O) groups is 2. The number of pyridine rings is 1. The zero-order valence-electron chi connectivity index (χ0n) is 15.9. The van der Waals surface area contributed by atoms with Crippen LogP contribution in [-0.4, -0.2) is 84.3 Å². The summed E-state index contributed by atoms with van der Waals surface area (Å²) in [6.07, 6.45) is 1.34. The van der Waals surface area contributed by atoms with Crippen molar-refractivity contribution < 1.29 is 18.0 Å². The Kier molecular flexibility index (Phi) is 7.63. The van der Waals surface area contributed by atoms with Gasteiger partial charge >= 0.3 is 0 Å². The summed E-state index contributed by atoms with van der Waals surface area (Å²) in [5, 5.41) is 0.601. The average molecular weight is 415 g/mol. The van der Waals surface area contributed by atoms with Gasteiger partial charge in [0.05, 0.1) is 10.8 Å². The molecule has 8 nitrogen and oxygen atoms in total. The van der Waals surface area contributed by atoms with E-state index in [1.807, 2.05) is 0 Å². The summed E-state index contributed by atoms with van der Waals surface area (Å²) >= 11 is 1.28. The van der Waals surface area contributed by atoms with Crippen LogP contribution >= 0.6 is 11.8 Å². The molecular weight excluding hydrogens is 388 g/mol. The highest BCUT2D eigenvalue weighted by Gasteiger charge is 2.23. The normalized spacial score (nSPS) is 15.3. The number of sulfonamides is 1. The smallest absolute Gasteiger partial charge is 0.244 e. The van der Waals surface area contributed by atoms with E-state index < -0.39 is 10.0 Å². The molecule has 1 aliphatic heterocycles. The maximum atomic E-state index is 12.4. The molecule has 1 saturated heterocycles. The first kappa shape index (κ1) is 21.6. The standard InChI is InChI=1S/C17H26N4O4S2/c1-4-21(5-2)27(24,25)15-6-7-16(18-12-15)26-13-17(23)20-10-8-19(9-11-20)14(3)22/h6-7,12H,4-5,8-11,13H2,1-3H3. The van der Waals surface area contributed by atoms with Crippen molar-refractivity contribution in [2.45, 2.75) is 30.7 Å². The van der Waals surface area contributed by atoms with Gasteiger partial charge in [0.25, 0.3) is 0 Å². The summed E-state index contributed by atoms with van der Waals surface area (Å²) in [4.78, 5) is 31.4. The monoisotopic (exact) mass is 414 g/mol. The first-order chi connectivity index (χ1) is 12.8. The summed E-state index contributed by atoms with van der Waals surface area (Å²) in [5.74, 6) is 0.250. The van der Waals surface area contributed by atoms with Crippen molar-refractivity contribution in [2.75, 3.05) is 45.0 Å². The third-order valence-electron chi connectivity index (χ3n) is 4.47. The van der Waals surface area contributed by atoms with Crippen molar-refractivity contribution in [3.63, 3.8) is 0 Å². The van der Waals surface area contributed by atoms with E-state index in [9.17, 15) is 18.0 Å². The van der Waals surface area contributed by atoms with E-state index in [0.29, 0.717) is 44.3 Å². The molecule has 0 N–H and O–H groups in total. The van der Waals surface area contributed by atoms with Crippen LogP contribution < -0.4 is 0 Å². The van der Waals surface area contributed by atoms with E-state index in [0.717, 1.165) is 0 Å². The van der Waals surface area contributed by atoms with Crippen LogP contribution in [0.5, 0.6) is 0 Å². The Morgan fingerprint density at radius 1 is 1.11 bits per heavy atom. The molecule has 1 aromatic heterocycles. The Morgan fingerprint density at radius 3 is 2.19 bits per heavy atom. The molecular formula is C17H26N4O4S2. The minimum atomic E-state index is -3.52. The number of amides is 2. The Morgan fingerprint density at radius 2 is 1.70 bits per heavy atom. The van der Waals surface area contributed by atoms with Gasteiger partial charge in [0.15, 0.2) is 0 Å². The van der Waals surface area contributed by atoms with Gasteiger partial charge < -0.3 is 9.80 Å². The van der Waals surface area contributed by atoms with Gasteiger partial charge in [-0.2, -0.15) is 4.31 Å².